The van der Waals surface area contributed by atoms with Crippen molar-refractivity contribution in [2.75, 3.05) is 6.54 Å². The normalized spacial score (nSPS) is 14.2. The van der Waals surface area contributed by atoms with Crippen LogP contribution in [0.15, 0.2) is 24.5 Å². The van der Waals surface area contributed by atoms with E-state index < -0.39 is 0 Å². The molecule has 3 N–H and O–H groups in total. The van der Waals surface area contributed by atoms with Crippen LogP contribution in [0, 0.1) is 11.8 Å². The molecule has 1 rings (SSSR count). The first kappa shape index (κ1) is 15.6. The number of carbonyl (C=O) groups excluding carboxylic acids is 1. The average molecular weight is 263 g/mol. The summed E-state index contributed by atoms with van der Waals surface area (Å²) in [5.74, 6) is 0.894. The first-order chi connectivity index (χ1) is 9.02. The topological polar surface area (TPSA) is 68.0 Å². The van der Waals surface area contributed by atoms with Crippen molar-refractivity contribution in [3.05, 3.63) is 30.1 Å². The van der Waals surface area contributed by atoms with E-state index in [-0.39, 0.29) is 17.9 Å². The van der Waals surface area contributed by atoms with Gasteiger partial charge in [0.25, 0.3) is 0 Å². The highest BCUT2D eigenvalue weighted by molar-refractivity contribution is 5.76. The molecule has 19 heavy (non-hydrogen) atoms. The third kappa shape index (κ3) is 5.83. The molecule has 0 saturated carbocycles. The molecule has 1 heterocycles. The zero-order valence-electron chi connectivity index (χ0n) is 12.1. The van der Waals surface area contributed by atoms with E-state index in [0.717, 1.165) is 12.0 Å². The standard InChI is InChI=1S/C15H25N3O/c1-11(2)7-13(9-16)8-15(19)18-12(3)14-5-4-6-17-10-14/h4-6,10-13H,7-9,16H2,1-3H3,(H,18,19)/t12-,13-/m0/s1. The molecule has 0 aliphatic carbocycles. The Morgan fingerprint density at radius 2 is 2.16 bits per heavy atom. The van der Waals surface area contributed by atoms with Crippen molar-refractivity contribution in [2.24, 2.45) is 17.6 Å². The molecular formula is C15H25N3O. The third-order valence-electron chi connectivity index (χ3n) is 3.17. The van der Waals surface area contributed by atoms with Gasteiger partial charge in [-0.1, -0.05) is 19.9 Å². The largest absolute Gasteiger partial charge is 0.350 e. The minimum absolute atomic E-state index is 0.0151. The number of hydrogen-bond donors (Lipinski definition) is 2. The van der Waals surface area contributed by atoms with Gasteiger partial charge in [-0.25, -0.2) is 0 Å². The molecule has 1 amide bonds. The van der Waals surface area contributed by atoms with Crippen LogP contribution < -0.4 is 11.1 Å². The molecule has 0 fully saturated rings. The summed E-state index contributed by atoms with van der Waals surface area (Å²) in [6.07, 6.45) is 5.00. The van der Waals surface area contributed by atoms with E-state index in [2.05, 4.69) is 24.1 Å². The van der Waals surface area contributed by atoms with Crippen molar-refractivity contribution in [1.29, 1.82) is 0 Å². The van der Waals surface area contributed by atoms with Crippen LogP contribution in [0.4, 0.5) is 0 Å². The molecule has 106 valence electrons. The number of amides is 1. The van der Waals surface area contributed by atoms with Crippen molar-refractivity contribution in [3.63, 3.8) is 0 Å². The van der Waals surface area contributed by atoms with Crippen LogP contribution in [0.25, 0.3) is 0 Å². The smallest absolute Gasteiger partial charge is 0.220 e. The zero-order valence-corrected chi connectivity index (χ0v) is 12.1. The lowest BCUT2D eigenvalue weighted by atomic mass is 9.94. The number of nitrogens with one attached hydrogen (secondary N) is 1. The first-order valence-electron chi connectivity index (χ1n) is 6.92. The molecule has 0 aromatic carbocycles. The van der Waals surface area contributed by atoms with E-state index in [0.29, 0.717) is 18.9 Å². The fourth-order valence-corrected chi connectivity index (χ4v) is 2.21. The first-order valence-corrected chi connectivity index (χ1v) is 6.92. The number of carbonyl (C=O) groups is 1. The lowest BCUT2D eigenvalue weighted by Crippen LogP contribution is -2.30. The molecule has 4 nitrogen and oxygen atoms in total. The Bertz CT molecular complexity index is 378. The predicted molar refractivity (Wildman–Crippen MR) is 77.4 cm³/mol. The molecule has 0 radical (unpaired) electrons. The van der Waals surface area contributed by atoms with Crippen LogP contribution in [0.1, 0.15) is 45.2 Å². The molecule has 0 bridgehead atoms. The third-order valence-corrected chi connectivity index (χ3v) is 3.17. The van der Waals surface area contributed by atoms with Crippen LogP contribution in [-0.4, -0.2) is 17.4 Å². The Balaban J connectivity index is 2.46. The van der Waals surface area contributed by atoms with Gasteiger partial charge >= 0.3 is 0 Å². The van der Waals surface area contributed by atoms with Crippen LogP contribution in [0.3, 0.4) is 0 Å². The quantitative estimate of drug-likeness (QED) is 0.793. The SMILES string of the molecule is CC(C)C[C@H](CN)CC(=O)N[C@@H](C)c1cccnc1. The second-order valence-electron chi connectivity index (χ2n) is 5.51. The van der Waals surface area contributed by atoms with Crippen molar-refractivity contribution in [1.82, 2.24) is 10.3 Å². The molecule has 0 spiro atoms. The summed E-state index contributed by atoms with van der Waals surface area (Å²) in [6.45, 7) is 6.83. The van der Waals surface area contributed by atoms with Gasteiger partial charge in [-0.05, 0) is 43.4 Å². The summed E-state index contributed by atoms with van der Waals surface area (Å²) in [6, 6.07) is 3.82. The van der Waals surface area contributed by atoms with Crippen LogP contribution in [0.5, 0.6) is 0 Å². The van der Waals surface area contributed by atoms with Gasteiger partial charge in [-0.3, -0.25) is 9.78 Å². The fraction of sp³-hybridized carbons (Fsp3) is 0.600. The van der Waals surface area contributed by atoms with Crippen LogP contribution >= 0.6 is 0 Å². The van der Waals surface area contributed by atoms with Gasteiger partial charge in [-0.2, -0.15) is 0 Å². The molecule has 2 atom stereocenters. The number of rotatable bonds is 7. The van der Waals surface area contributed by atoms with Gasteiger partial charge in [-0.15, -0.1) is 0 Å². The van der Waals surface area contributed by atoms with E-state index in [1.54, 1.807) is 12.4 Å². The molecule has 0 aliphatic rings. The highest BCUT2D eigenvalue weighted by Crippen LogP contribution is 2.16. The molecule has 1 aromatic heterocycles. The Hall–Kier alpha value is -1.42. The zero-order chi connectivity index (χ0) is 14.3. The highest BCUT2D eigenvalue weighted by Gasteiger charge is 2.16. The molecule has 0 unspecified atom stereocenters. The van der Waals surface area contributed by atoms with Gasteiger partial charge in [0.2, 0.25) is 5.91 Å². The maximum absolute atomic E-state index is 12.0. The second-order valence-corrected chi connectivity index (χ2v) is 5.51. The van der Waals surface area contributed by atoms with E-state index in [4.69, 9.17) is 5.73 Å². The van der Waals surface area contributed by atoms with Gasteiger partial charge in [0.1, 0.15) is 0 Å². The average Bonchev–Trinajstić information content (AvgIpc) is 2.38. The number of pyridine rings is 1. The summed E-state index contributed by atoms with van der Waals surface area (Å²) >= 11 is 0. The van der Waals surface area contributed by atoms with Crippen LogP contribution in [0.2, 0.25) is 0 Å². The number of hydrogen-bond acceptors (Lipinski definition) is 3. The lowest BCUT2D eigenvalue weighted by Gasteiger charge is -2.19. The van der Waals surface area contributed by atoms with Gasteiger partial charge in [0, 0.05) is 18.8 Å². The van der Waals surface area contributed by atoms with Gasteiger partial charge in [0.15, 0.2) is 0 Å². The summed E-state index contributed by atoms with van der Waals surface area (Å²) < 4.78 is 0. The number of aromatic nitrogens is 1. The molecular weight excluding hydrogens is 238 g/mol. The van der Waals surface area contributed by atoms with Crippen molar-refractivity contribution >= 4 is 5.91 Å². The molecule has 0 saturated heterocycles. The fourth-order valence-electron chi connectivity index (χ4n) is 2.21. The molecule has 1 aromatic rings. The Morgan fingerprint density at radius 3 is 2.68 bits per heavy atom. The molecule has 4 heteroatoms. The van der Waals surface area contributed by atoms with E-state index in [1.165, 1.54) is 0 Å². The summed E-state index contributed by atoms with van der Waals surface area (Å²) in [5, 5.41) is 3.00. The minimum Gasteiger partial charge on any atom is -0.350 e. The van der Waals surface area contributed by atoms with Crippen molar-refractivity contribution < 1.29 is 4.79 Å². The highest BCUT2D eigenvalue weighted by atomic mass is 16.1. The summed E-state index contributed by atoms with van der Waals surface area (Å²) in [5.41, 5.74) is 6.74. The Kier molecular flexibility index (Phi) is 6.50. The summed E-state index contributed by atoms with van der Waals surface area (Å²) in [7, 11) is 0. The van der Waals surface area contributed by atoms with Crippen molar-refractivity contribution in [2.45, 2.75) is 39.7 Å². The van der Waals surface area contributed by atoms with E-state index >= 15 is 0 Å². The van der Waals surface area contributed by atoms with Gasteiger partial charge in [0.05, 0.1) is 6.04 Å². The van der Waals surface area contributed by atoms with E-state index in [1.807, 2.05) is 19.1 Å². The number of nitrogens with two attached hydrogens (primary N) is 1. The number of nitrogens with zero attached hydrogens (tertiary/aromatic N) is 1. The maximum atomic E-state index is 12.0. The second kappa shape index (κ2) is 7.89. The molecule has 0 aliphatic heterocycles. The Labute approximate surface area is 115 Å². The van der Waals surface area contributed by atoms with Crippen LogP contribution in [-0.2, 0) is 4.79 Å². The van der Waals surface area contributed by atoms with E-state index in [9.17, 15) is 4.79 Å². The van der Waals surface area contributed by atoms with Gasteiger partial charge < -0.3 is 11.1 Å². The lowest BCUT2D eigenvalue weighted by molar-refractivity contribution is -0.122. The Morgan fingerprint density at radius 1 is 1.42 bits per heavy atom. The summed E-state index contributed by atoms with van der Waals surface area (Å²) in [4.78, 5) is 16.0. The minimum atomic E-state index is -0.0151. The predicted octanol–water partition coefficient (Wildman–Crippen LogP) is 2.27. The maximum Gasteiger partial charge on any atom is 0.220 e. The monoisotopic (exact) mass is 263 g/mol. The van der Waals surface area contributed by atoms with Crippen molar-refractivity contribution in [3.8, 4) is 0 Å².